The molecule has 4 nitrogen and oxygen atoms in total. The number of aryl methyl sites for hydroxylation is 1. The maximum atomic E-state index is 12.5. The molecule has 0 radical (unpaired) electrons. The number of piperidine rings is 1. The molecule has 2 aromatic carbocycles. The number of halogens is 1. The van der Waals surface area contributed by atoms with Crippen molar-refractivity contribution in [3.05, 3.63) is 70.2 Å². The van der Waals surface area contributed by atoms with Crippen molar-refractivity contribution in [2.24, 2.45) is 0 Å². The number of benzene rings is 2. The monoisotopic (exact) mass is 356 g/mol. The third kappa shape index (κ3) is 4.40. The van der Waals surface area contributed by atoms with Gasteiger partial charge in [0.25, 0.3) is 11.8 Å². The van der Waals surface area contributed by atoms with Gasteiger partial charge in [-0.3, -0.25) is 9.59 Å². The molecule has 0 aromatic heterocycles. The van der Waals surface area contributed by atoms with Crippen molar-refractivity contribution in [2.45, 2.75) is 25.8 Å². The molecule has 0 aliphatic carbocycles. The average Bonchev–Trinajstić information content (AvgIpc) is 2.62. The molecule has 2 aromatic rings. The lowest BCUT2D eigenvalue weighted by atomic mass is 10.0. The molecule has 0 saturated carbocycles. The summed E-state index contributed by atoms with van der Waals surface area (Å²) in [5, 5.41) is 3.58. The number of rotatable bonds is 3. The molecule has 1 heterocycles. The first-order chi connectivity index (χ1) is 12.0. The van der Waals surface area contributed by atoms with Crippen molar-refractivity contribution in [3.63, 3.8) is 0 Å². The van der Waals surface area contributed by atoms with E-state index in [-0.39, 0.29) is 17.9 Å². The van der Waals surface area contributed by atoms with Gasteiger partial charge < -0.3 is 10.2 Å². The minimum absolute atomic E-state index is 0.0552. The molecule has 0 bridgehead atoms. The van der Waals surface area contributed by atoms with Gasteiger partial charge in [-0.05, 0) is 50.1 Å². The Bertz CT molecular complexity index is 766. The highest BCUT2D eigenvalue weighted by Crippen LogP contribution is 2.16. The van der Waals surface area contributed by atoms with E-state index in [4.69, 9.17) is 11.6 Å². The topological polar surface area (TPSA) is 49.4 Å². The summed E-state index contributed by atoms with van der Waals surface area (Å²) in [5.74, 6) is -0.0644. The molecule has 3 rings (SSSR count). The highest BCUT2D eigenvalue weighted by molar-refractivity contribution is 6.30. The Kier molecular flexibility index (Phi) is 5.39. The predicted molar refractivity (Wildman–Crippen MR) is 99.0 cm³/mol. The van der Waals surface area contributed by atoms with E-state index < -0.39 is 0 Å². The van der Waals surface area contributed by atoms with Gasteiger partial charge in [-0.2, -0.15) is 0 Å². The second-order valence-corrected chi connectivity index (χ2v) is 6.85. The molecule has 25 heavy (non-hydrogen) atoms. The molecular formula is C20H21ClN2O2. The zero-order valence-electron chi connectivity index (χ0n) is 14.2. The molecule has 1 saturated heterocycles. The Labute approximate surface area is 152 Å². The number of hydrogen-bond acceptors (Lipinski definition) is 2. The van der Waals surface area contributed by atoms with Gasteiger partial charge >= 0.3 is 0 Å². The number of nitrogens with one attached hydrogen (secondary N) is 1. The van der Waals surface area contributed by atoms with Crippen LogP contribution in [0.2, 0.25) is 5.02 Å². The summed E-state index contributed by atoms with van der Waals surface area (Å²) in [5.41, 5.74) is 2.41. The summed E-state index contributed by atoms with van der Waals surface area (Å²) in [4.78, 5) is 26.7. The van der Waals surface area contributed by atoms with Crippen molar-refractivity contribution in [1.82, 2.24) is 10.2 Å². The van der Waals surface area contributed by atoms with Crippen LogP contribution in [-0.2, 0) is 0 Å². The highest BCUT2D eigenvalue weighted by atomic mass is 35.5. The lowest BCUT2D eigenvalue weighted by Crippen LogP contribution is -2.46. The van der Waals surface area contributed by atoms with Crippen LogP contribution < -0.4 is 5.32 Å². The molecule has 1 fully saturated rings. The van der Waals surface area contributed by atoms with Crippen molar-refractivity contribution in [1.29, 1.82) is 0 Å². The summed E-state index contributed by atoms with van der Waals surface area (Å²) in [7, 11) is 0. The molecule has 1 aliphatic heterocycles. The molecule has 1 aliphatic rings. The Balaban J connectivity index is 1.54. The Morgan fingerprint density at radius 3 is 2.36 bits per heavy atom. The van der Waals surface area contributed by atoms with Gasteiger partial charge in [0.2, 0.25) is 0 Å². The number of amides is 2. The fraction of sp³-hybridized carbons (Fsp3) is 0.300. The fourth-order valence-corrected chi connectivity index (χ4v) is 3.19. The van der Waals surface area contributed by atoms with E-state index >= 15 is 0 Å². The van der Waals surface area contributed by atoms with Crippen LogP contribution in [-0.4, -0.2) is 35.8 Å². The van der Waals surface area contributed by atoms with Crippen LogP contribution in [0.15, 0.2) is 48.5 Å². The third-order valence-corrected chi connectivity index (χ3v) is 4.74. The van der Waals surface area contributed by atoms with E-state index in [0.717, 1.165) is 18.4 Å². The summed E-state index contributed by atoms with van der Waals surface area (Å²) in [6, 6.07) is 14.6. The third-order valence-electron chi connectivity index (χ3n) is 4.50. The summed E-state index contributed by atoms with van der Waals surface area (Å²) >= 11 is 5.93. The number of likely N-dealkylation sites (tertiary alicyclic amines) is 1. The molecule has 0 atom stereocenters. The summed E-state index contributed by atoms with van der Waals surface area (Å²) < 4.78 is 0. The zero-order chi connectivity index (χ0) is 17.8. The van der Waals surface area contributed by atoms with Crippen molar-refractivity contribution < 1.29 is 9.59 Å². The van der Waals surface area contributed by atoms with E-state index in [1.54, 1.807) is 24.3 Å². The van der Waals surface area contributed by atoms with E-state index in [0.29, 0.717) is 29.2 Å². The van der Waals surface area contributed by atoms with Gasteiger partial charge in [0.15, 0.2) is 0 Å². The second-order valence-electron chi connectivity index (χ2n) is 6.42. The van der Waals surface area contributed by atoms with Crippen molar-refractivity contribution >= 4 is 23.4 Å². The van der Waals surface area contributed by atoms with Crippen LogP contribution in [0.5, 0.6) is 0 Å². The first-order valence-corrected chi connectivity index (χ1v) is 8.83. The Morgan fingerprint density at radius 1 is 1.04 bits per heavy atom. The fourth-order valence-electron chi connectivity index (χ4n) is 3.00. The van der Waals surface area contributed by atoms with Gasteiger partial charge in [0.1, 0.15) is 0 Å². The zero-order valence-corrected chi connectivity index (χ0v) is 14.9. The minimum atomic E-state index is -0.120. The average molecular weight is 357 g/mol. The maximum Gasteiger partial charge on any atom is 0.253 e. The molecular weight excluding hydrogens is 336 g/mol. The van der Waals surface area contributed by atoms with Crippen LogP contribution in [0.25, 0.3) is 0 Å². The molecule has 1 N–H and O–H groups in total. The number of nitrogens with zero attached hydrogens (tertiary/aromatic N) is 1. The van der Waals surface area contributed by atoms with Gasteiger partial charge in [0, 0.05) is 35.3 Å². The SMILES string of the molecule is Cc1ccc(C(=O)N2CCC(NC(=O)c3cccc(Cl)c3)CC2)cc1. The van der Waals surface area contributed by atoms with Crippen LogP contribution in [0.3, 0.4) is 0 Å². The van der Waals surface area contributed by atoms with Crippen molar-refractivity contribution in [2.75, 3.05) is 13.1 Å². The minimum Gasteiger partial charge on any atom is -0.349 e. The summed E-state index contributed by atoms with van der Waals surface area (Å²) in [6.07, 6.45) is 1.51. The molecule has 2 amide bonds. The van der Waals surface area contributed by atoms with Crippen LogP contribution in [0, 0.1) is 6.92 Å². The highest BCUT2D eigenvalue weighted by Gasteiger charge is 2.24. The van der Waals surface area contributed by atoms with Gasteiger partial charge in [0.05, 0.1) is 0 Å². The molecule has 5 heteroatoms. The van der Waals surface area contributed by atoms with Crippen LogP contribution in [0.4, 0.5) is 0 Å². The molecule has 0 spiro atoms. The number of hydrogen-bond donors (Lipinski definition) is 1. The normalized spacial score (nSPS) is 15.0. The molecule has 0 unspecified atom stereocenters. The quantitative estimate of drug-likeness (QED) is 0.911. The Hall–Kier alpha value is -2.33. The second kappa shape index (κ2) is 7.70. The van der Waals surface area contributed by atoms with Gasteiger partial charge in [-0.25, -0.2) is 0 Å². The van der Waals surface area contributed by atoms with Crippen LogP contribution >= 0.6 is 11.6 Å². The van der Waals surface area contributed by atoms with E-state index in [1.807, 2.05) is 36.1 Å². The standard InChI is InChI=1S/C20H21ClN2O2/c1-14-5-7-15(8-6-14)20(25)23-11-9-18(10-12-23)22-19(24)16-3-2-4-17(21)13-16/h2-8,13,18H,9-12H2,1H3,(H,22,24). The van der Waals surface area contributed by atoms with Crippen molar-refractivity contribution in [3.8, 4) is 0 Å². The predicted octanol–water partition coefficient (Wildman–Crippen LogP) is 3.68. The largest absolute Gasteiger partial charge is 0.349 e. The van der Waals surface area contributed by atoms with Gasteiger partial charge in [-0.15, -0.1) is 0 Å². The van der Waals surface area contributed by atoms with Crippen LogP contribution in [0.1, 0.15) is 39.1 Å². The lowest BCUT2D eigenvalue weighted by Gasteiger charge is -2.32. The smallest absolute Gasteiger partial charge is 0.253 e. The number of carbonyl (C=O) groups is 2. The van der Waals surface area contributed by atoms with E-state index in [1.165, 1.54) is 0 Å². The van der Waals surface area contributed by atoms with Gasteiger partial charge in [-0.1, -0.05) is 35.4 Å². The number of carbonyl (C=O) groups excluding carboxylic acids is 2. The first-order valence-electron chi connectivity index (χ1n) is 8.45. The van der Waals surface area contributed by atoms with E-state index in [9.17, 15) is 9.59 Å². The first kappa shape index (κ1) is 17.5. The maximum absolute atomic E-state index is 12.5. The van der Waals surface area contributed by atoms with E-state index in [2.05, 4.69) is 5.32 Å². The summed E-state index contributed by atoms with van der Waals surface area (Å²) in [6.45, 7) is 3.29. The lowest BCUT2D eigenvalue weighted by molar-refractivity contribution is 0.0698. The Morgan fingerprint density at radius 2 is 1.72 bits per heavy atom. The molecule has 130 valence electrons.